The molecule has 7 nitrogen and oxygen atoms in total. The van der Waals surface area contributed by atoms with Gasteiger partial charge >= 0.3 is 0 Å². The van der Waals surface area contributed by atoms with Crippen molar-refractivity contribution in [3.05, 3.63) is 60.6 Å². The number of unbranched alkanes of at least 4 members (excludes halogenated alkanes) is 2. The topological polar surface area (TPSA) is 83.0 Å². The van der Waals surface area contributed by atoms with Crippen LogP contribution in [0.3, 0.4) is 0 Å². The van der Waals surface area contributed by atoms with Crippen molar-refractivity contribution in [1.29, 1.82) is 0 Å². The number of aromatic nitrogens is 3. The van der Waals surface area contributed by atoms with E-state index in [9.17, 15) is 4.79 Å². The third-order valence-corrected chi connectivity index (χ3v) is 6.21. The number of carbonyl (C=O) groups is 1. The predicted octanol–water partition coefficient (Wildman–Crippen LogP) is 5.58. The summed E-state index contributed by atoms with van der Waals surface area (Å²) in [7, 11) is 0. The van der Waals surface area contributed by atoms with Crippen LogP contribution < -0.4 is 10.6 Å². The molecule has 1 amide bonds. The van der Waals surface area contributed by atoms with Crippen molar-refractivity contribution >= 4 is 23.2 Å². The first-order chi connectivity index (χ1) is 16.7. The second-order valence-electron chi connectivity index (χ2n) is 8.92. The van der Waals surface area contributed by atoms with Gasteiger partial charge in [0.15, 0.2) is 0 Å². The van der Waals surface area contributed by atoms with Crippen molar-refractivity contribution < 1.29 is 4.79 Å². The molecule has 0 bridgehead atoms. The molecule has 0 saturated carbocycles. The number of nitrogens with zero attached hydrogens (tertiary/aromatic N) is 4. The number of amides is 1. The van der Waals surface area contributed by atoms with Gasteiger partial charge in [-0.25, -0.2) is 9.97 Å². The van der Waals surface area contributed by atoms with Gasteiger partial charge in [-0.3, -0.25) is 9.78 Å². The number of anilines is 3. The predicted molar refractivity (Wildman–Crippen MR) is 137 cm³/mol. The zero-order valence-electron chi connectivity index (χ0n) is 20.0. The number of piperidine rings is 1. The summed E-state index contributed by atoms with van der Waals surface area (Å²) in [5, 5.41) is 6.32. The minimum Gasteiger partial charge on any atom is -0.326 e. The lowest BCUT2D eigenvalue weighted by molar-refractivity contribution is -0.116. The second kappa shape index (κ2) is 12.2. The fourth-order valence-corrected chi connectivity index (χ4v) is 4.25. The molecule has 2 aromatic heterocycles. The Morgan fingerprint density at radius 2 is 1.91 bits per heavy atom. The number of aryl methyl sites for hydroxylation is 1. The average molecular weight is 459 g/mol. The van der Waals surface area contributed by atoms with E-state index in [0.717, 1.165) is 41.0 Å². The van der Waals surface area contributed by atoms with Gasteiger partial charge in [-0.2, -0.15) is 0 Å². The van der Waals surface area contributed by atoms with Gasteiger partial charge in [-0.1, -0.05) is 18.9 Å². The average Bonchev–Trinajstić information content (AvgIpc) is 2.87. The Kier molecular flexibility index (Phi) is 8.57. The number of likely N-dealkylation sites (tertiary alicyclic amines) is 1. The Bertz CT molecular complexity index is 1070. The van der Waals surface area contributed by atoms with Crippen molar-refractivity contribution in [2.45, 2.75) is 51.9 Å². The van der Waals surface area contributed by atoms with Gasteiger partial charge in [-0.15, -0.1) is 0 Å². The number of pyridine rings is 1. The largest absolute Gasteiger partial charge is 0.326 e. The summed E-state index contributed by atoms with van der Waals surface area (Å²) in [6.45, 7) is 5.66. The van der Waals surface area contributed by atoms with Crippen LogP contribution >= 0.6 is 0 Å². The molecule has 2 N–H and O–H groups in total. The highest BCUT2D eigenvalue weighted by Gasteiger charge is 2.10. The van der Waals surface area contributed by atoms with E-state index in [4.69, 9.17) is 0 Å². The van der Waals surface area contributed by atoms with E-state index >= 15 is 0 Å². The minimum absolute atomic E-state index is 0.0580. The summed E-state index contributed by atoms with van der Waals surface area (Å²) in [5.74, 6) is 0.559. The first-order valence-electron chi connectivity index (χ1n) is 12.3. The molecule has 1 aromatic carbocycles. The Morgan fingerprint density at radius 1 is 1.03 bits per heavy atom. The van der Waals surface area contributed by atoms with Crippen molar-refractivity contribution in [2.24, 2.45) is 0 Å². The van der Waals surface area contributed by atoms with Crippen molar-refractivity contribution in [3.63, 3.8) is 0 Å². The summed E-state index contributed by atoms with van der Waals surface area (Å²) in [5.41, 5.74) is 4.42. The quantitative estimate of drug-likeness (QED) is 0.386. The molecule has 1 aliphatic rings. The normalized spacial score (nSPS) is 14.0. The maximum Gasteiger partial charge on any atom is 0.227 e. The number of carbonyl (C=O) groups excluding carboxylic acids is 1. The lowest BCUT2D eigenvalue weighted by atomic mass is 10.1. The zero-order chi connectivity index (χ0) is 23.6. The number of rotatable bonds is 10. The lowest BCUT2D eigenvalue weighted by Crippen LogP contribution is -2.30. The third-order valence-electron chi connectivity index (χ3n) is 6.21. The van der Waals surface area contributed by atoms with E-state index in [1.807, 2.05) is 43.3 Å². The van der Waals surface area contributed by atoms with Crippen LogP contribution in [0, 0.1) is 6.92 Å². The van der Waals surface area contributed by atoms with Gasteiger partial charge in [0.2, 0.25) is 11.9 Å². The summed E-state index contributed by atoms with van der Waals surface area (Å²) >= 11 is 0. The number of hydrogen-bond donors (Lipinski definition) is 2. The molecule has 34 heavy (non-hydrogen) atoms. The molecule has 0 aliphatic carbocycles. The van der Waals surface area contributed by atoms with Crippen molar-refractivity contribution in [2.75, 3.05) is 30.3 Å². The molecule has 3 aromatic rings. The van der Waals surface area contributed by atoms with Gasteiger partial charge in [-0.05, 0) is 88.1 Å². The molecule has 178 valence electrons. The third kappa shape index (κ3) is 7.09. The van der Waals surface area contributed by atoms with E-state index in [0.29, 0.717) is 12.4 Å². The summed E-state index contributed by atoms with van der Waals surface area (Å²) in [4.78, 5) is 28.1. The van der Waals surface area contributed by atoms with Gasteiger partial charge in [0.1, 0.15) is 0 Å². The Morgan fingerprint density at radius 3 is 2.74 bits per heavy atom. The van der Waals surface area contributed by atoms with Crippen LogP contribution in [0.25, 0.3) is 11.3 Å². The van der Waals surface area contributed by atoms with E-state index < -0.39 is 0 Å². The Hall–Kier alpha value is -3.32. The molecule has 0 unspecified atom stereocenters. The Balaban J connectivity index is 1.28. The first-order valence-corrected chi connectivity index (χ1v) is 12.3. The van der Waals surface area contributed by atoms with Crippen molar-refractivity contribution in [1.82, 2.24) is 19.9 Å². The minimum atomic E-state index is 0.0580. The Labute approximate surface area is 202 Å². The molecule has 4 rings (SSSR count). The van der Waals surface area contributed by atoms with E-state index in [2.05, 4.69) is 30.5 Å². The molecule has 1 saturated heterocycles. The molecule has 1 fully saturated rings. The SMILES string of the molecule is Cc1ccc(NC(=O)CCCCCN2CCCCC2)cc1Nc1nccc(-c2cccnc2)n1. The van der Waals surface area contributed by atoms with Crippen LogP contribution in [0.1, 0.15) is 50.5 Å². The maximum atomic E-state index is 12.5. The fourth-order valence-electron chi connectivity index (χ4n) is 4.25. The van der Waals surface area contributed by atoms with Crippen LogP contribution in [-0.2, 0) is 4.79 Å². The van der Waals surface area contributed by atoms with Gasteiger partial charge in [0.25, 0.3) is 0 Å². The van der Waals surface area contributed by atoms with Crippen LogP contribution in [-0.4, -0.2) is 45.4 Å². The van der Waals surface area contributed by atoms with Gasteiger partial charge in [0.05, 0.1) is 5.69 Å². The van der Waals surface area contributed by atoms with Crippen molar-refractivity contribution in [3.8, 4) is 11.3 Å². The van der Waals surface area contributed by atoms with Crippen LogP contribution in [0.2, 0.25) is 0 Å². The molecular formula is C27H34N6O. The molecule has 7 heteroatoms. The molecular weight excluding hydrogens is 424 g/mol. The number of benzene rings is 1. The monoisotopic (exact) mass is 458 g/mol. The fraction of sp³-hybridized carbons (Fsp3) is 0.407. The second-order valence-corrected chi connectivity index (χ2v) is 8.92. The highest BCUT2D eigenvalue weighted by atomic mass is 16.1. The lowest BCUT2D eigenvalue weighted by Gasteiger charge is -2.26. The van der Waals surface area contributed by atoms with Crippen LogP contribution in [0.5, 0.6) is 0 Å². The van der Waals surface area contributed by atoms with Crippen LogP contribution in [0.15, 0.2) is 55.0 Å². The zero-order valence-corrected chi connectivity index (χ0v) is 20.0. The molecule has 0 atom stereocenters. The van der Waals surface area contributed by atoms with Gasteiger partial charge in [0, 0.05) is 41.9 Å². The highest BCUT2D eigenvalue weighted by Crippen LogP contribution is 2.24. The summed E-state index contributed by atoms with van der Waals surface area (Å²) in [6.07, 6.45) is 13.0. The molecule has 1 aliphatic heterocycles. The first kappa shape index (κ1) is 23.8. The number of nitrogens with one attached hydrogen (secondary N) is 2. The highest BCUT2D eigenvalue weighted by molar-refractivity contribution is 5.91. The molecule has 3 heterocycles. The van der Waals surface area contributed by atoms with E-state index in [1.54, 1.807) is 18.6 Å². The number of hydrogen-bond acceptors (Lipinski definition) is 6. The van der Waals surface area contributed by atoms with E-state index in [-0.39, 0.29) is 5.91 Å². The summed E-state index contributed by atoms with van der Waals surface area (Å²) in [6, 6.07) is 11.6. The summed E-state index contributed by atoms with van der Waals surface area (Å²) < 4.78 is 0. The van der Waals surface area contributed by atoms with Gasteiger partial charge < -0.3 is 15.5 Å². The molecule has 0 radical (unpaired) electrons. The maximum absolute atomic E-state index is 12.5. The van der Waals surface area contributed by atoms with Crippen LogP contribution in [0.4, 0.5) is 17.3 Å². The smallest absolute Gasteiger partial charge is 0.227 e. The standard InChI is InChI=1S/C27H34N6O/c1-21-11-12-23(30-26(34)10-4-2-5-16-33-17-6-3-7-18-33)19-25(21)32-27-29-15-13-24(31-27)22-9-8-14-28-20-22/h8-9,11-15,19-20H,2-7,10,16-18H2,1H3,(H,30,34)(H,29,31,32). The van der Waals surface area contributed by atoms with E-state index in [1.165, 1.54) is 45.3 Å². The molecule has 0 spiro atoms.